The molecule has 0 aromatic heterocycles. The first-order chi connectivity index (χ1) is 4.22. The minimum absolute atomic E-state index is 0.274. The average Bonchev–Trinajstić information content (AvgIpc) is 1.83. The normalized spacial score (nSPS) is 23.2. The van der Waals surface area contributed by atoms with Crippen LogP contribution in [0.1, 0.15) is 0 Å². The van der Waals surface area contributed by atoms with Gasteiger partial charge in [-0.15, -0.1) is 0 Å². The summed E-state index contributed by atoms with van der Waals surface area (Å²) in [7, 11) is -2.81. The zero-order valence-electron chi connectivity index (χ0n) is 4.52. The fraction of sp³-hybridized carbons (Fsp3) is 0. The van der Waals surface area contributed by atoms with Crippen molar-refractivity contribution >= 4 is 22.4 Å². The van der Waals surface area contributed by atoms with Crippen LogP contribution in [0.5, 0.6) is 0 Å². The van der Waals surface area contributed by atoms with Crippen molar-refractivity contribution in [3.63, 3.8) is 0 Å². The Balaban J connectivity index is 2.41. The second-order valence-electron chi connectivity index (χ2n) is 1.68. The first kappa shape index (κ1) is 6.98. The Morgan fingerprint density at radius 3 is 2.00 bits per heavy atom. The molecule has 1 aliphatic heterocycles. The van der Waals surface area contributed by atoms with E-state index >= 15 is 0 Å². The number of hydrogen-bond acceptors (Lipinski definition) is 3. The molecule has 0 aromatic rings. The van der Waals surface area contributed by atoms with Crippen LogP contribution in [0.2, 0.25) is 0 Å². The van der Waals surface area contributed by atoms with Crippen LogP contribution in [-0.2, 0) is 0 Å². The van der Waals surface area contributed by atoms with Gasteiger partial charge in [-0.3, -0.25) is 4.32 Å². The van der Waals surface area contributed by atoms with Crippen molar-refractivity contribution in [3.05, 3.63) is 0 Å². The molecule has 0 spiro atoms. The Labute approximate surface area is 51.8 Å². The maximum Gasteiger partial charge on any atom is 0.555 e. The third-order valence-electron chi connectivity index (χ3n) is 0.988. The Hall–Kier alpha value is -0.135. The number of hydrogen-bond donors (Lipinski definition) is 1. The summed E-state index contributed by atoms with van der Waals surface area (Å²) in [5.41, 5.74) is 0. The van der Waals surface area contributed by atoms with E-state index in [-0.39, 0.29) is 25.0 Å². The van der Waals surface area contributed by atoms with Crippen LogP contribution in [-0.4, -0.2) is 32.2 Å². The van der Waals surface area contributed by atoms with E-state index in [1.165, 1.54) is 0 Å². The molecule has 0 radical (unpaired) electrons. The van der Waals surface area contributed by atoms with Crippen LogP contribution in [0.4, 0.5) is 13.3 Å². The molecule has 1 fully saturated rings. The summed E-state index contributed by atoms with van der Waals surface area (Å²) in [4.78, 5) is -0.549. The van der Waals surface area contributed by atoms with Crippen molar-refractivity contribution < 1.29 is 13.3 Å². The molecule has 0 aliphatic carbocycles. The highest BCUT2D eigenvalue weighted by atomic mass is 19.2. The number of halogens is 3. The second-order valence-corrected chi connectivity index (χ2v) is 1.68. The van der Waals surface area contributed by atoms with Crippen molar-refractivity contribution in [1.82, 2.24) is 15.0 Å². The summed E-state index contributed by atoms with van der Waals surface area (Å²) in [5, 5.41) is 2.28. The Morgan fingerprint density at radius 2 is 1.67 bits per heavy atom. The number of rotatable bonds is 0. The quantitative estimate of drug-likeness (QED) is 0.320. The Bertz CT molecular complexity index is 90.3. The van der Waals surface area contributed by atoms with E-state index in [1.54, 1.807) is 0 Å². The molecule has 0 atom stereocenters. The molecule has 0 aromatic carbocycles. The smallest absolute Gasteiger partial charge is 0.374 e. The van der Waals surface area contributed by atoms with Crippen molar-refractivity contribution in [2.75, 3.05) is 0 Å². The standard InChI is InChI=1S/B3F3H3N3/c4-3-8(5)1-7-2-9(3)6/h1-2,7H. The highest BCUT2D eigenvalue weighted by Gasteiger charge is 2.37. The van der Waals surface area contributed by atoms with Crippen LogP contribution in [0, 0.1) is 0 Å². The van der Waals surface area contributed by atoms with Crippen molar-refractivity contribution in [3.8, 4) is 0 Å². The molecule has 9 heavy (non-hydrogen) atoms. The van der Waals surface area contributed by atoms with E-state index in [1.807, 2.05) is 0 Å². The minimum Gasteiger partial charge on any atom is -0.374 e. The predicted octanol–water partition coefficient (Wildman–Crippen LogP) is -1.55. The molecule has 3 nitrogen and oxygen atoms in total. The van der Waals surface area contributed by atoms with Gasteiger partial charge in [-0.2, -0.15) is 18.9 Å². The summed E-state index contributed by atoms with van der Waals surface area (Å²) in [5.74, 6) is 0. The molecule has 0 saturated carbocycles. The molecular weight excluding hydrogens is 131 g/mol. The van der Waals surface area contributed by atoms with E-state index < -0.39 is 7.26 Å². The van der Waals surface area contributed by atoms with E-state index in [2.05, 4.69) is 5.14 Å². The molecule has 9 heteroatoms. The van der Waals surface area contributed by atoms with Crippen LogP contribution in [0.15, 0.2) is 0 Å². The molecular formula is H3B3F3N3. The number of nitrogens with one attached hydrogen (secondary N) is 1. The predicted molar refractivity (Wildman–Crippen MR) is 30.2 cm³/mol. The topological polar surface area (TPSA) is 18.5 Å². The largest absolute Gasteiger partial charge is 0.555 e. The van der Waals surface area contributed by atoms with Gasteiger partial charge in [-0.05, 0) is 0 Å². The lowest BCUT2D eigenvalue weighted by Gasteiger charge is -2.22. The summed E-state index contributed by atoms with van der Waals surface area (Å²) in [6.45, 7) is 0. The van der Waals surface area contributed by atoms with Gasteiger partial charge >= 0.3 is 22.4 Å². The zero-order chi connectivity index (χ0) is 6.85. The van der Waals surface area contributed by atoms with E-state index in [0.717, 1.165) is 0 Å². The fourth-order valence-electron chi connectivity index (χ4n) is 0.550. The third-order valence-corrected chi connectivity index (χ3v) is 0.988. The van der Waals surface area contributed by atoms with Gasteiger partial charge < -0.3 is 5.14 Å². The monoisotopic (exact) mass is 135 g/mol. The molecule has 48 valence electrons. The van der Waals surface area contributed by atoms with E-state index in [9.17, 15) is 13.3 Å². The maximum atomic E-state index is 12.0. The van der Waals surface area contributed by atoms with Gasteiger partial charge in [0.05, 0.1) is 0 Å². The van der Waals surface area contributed by atoms with Gasteiger partial charge in [-0.25, -0.2) is 0 Å². The van der Waals surface area contributed by atoms with Crippen molar-refractivity contribution in [1.29, 1.82) is 0 Å². The van der Waals surface area contributed by atoms with Crippen LogP contribution in [0.3, 0.4) is 0 Å². The average molecular weight is 134 g/mol. The molecule has 1 rings (SSSR count). The first-order valence-electron chi connectivity index (χ1n) is 2.41. The molecule has 1 aliphatic rings. The summed E-state index contributed by atoms with van der Waals surface area (Å²) < 4.78 is 35.9. The van der Waals surface area contributed by atoms with E-state index in [0.29, 0.717) is 0 Å². The van der Waals surface area contributed by atoms with E-state index in [4.69, 9.17) is 0 Å². The Morgan fingerprint density at radius 1 is 1.22 bits per heavy atom. The summed E-state index contributed by atoms with van der Waals surface area (Å²) in [6, 6.07) is 0. The molecule has 0 bridgehead atoms. The van der Waals surface area contributed by atoms with Gasteiger partial charge in [0.2, 0.25) is 0 Å². The Kier molecular flexibility index (Phi) is 2.04. The second kappa shape index (κ2) is 2.63. The lowest BCUT2D eigenvalue weighted by molar-refractivity contribution is 0.146. The van der Waals surface area contributed by atoms with Gasteiger partial charge in [0.1, 0.15) is 0 Å². The summed E-state index contributed by atoms with van der Waals surface area (Å²) in [6.07, 6.45) is 0. The zero-order valence-corrected chi connectivity index (χ0v) is 4.52. The first-order valence-corrected chi connectivity index (χ1v) is 2.41. The molecule has 1 N–H and O–H groups in total. The highest BCUT2D eigenvalue weighted by molar-refractivity contribution is 6.69. The van der Waals surface area contributed by atoms with Crippen molar-refractivity contribution in [2.45, 2.75) is 0 Å². The molecule has 0 unspecified atom stereocenters. The van der Waals surface area contributed by atoms with Gasteiger partial charge in [0, 0.05) is 0 Å². The van der Waals surface area contributed by atoms with Crippen LogP contribution >= 0.6 is 0 Å². The van der Waals surface area contributed by atoms with Crippen molar-refractivity contribution in [2.24, 2.45) is 0 Å². The highest BCUT2D eigenvalue weighted by Crippen LogP contribution is 2.03. The lowest BCUT2D eigenvalue weighted by atomic mass is 9.80. The van der Waals surface area contributed by atoms with Gasteiger partial charge in [0.15, 0.2) is 0 Å². The molecule has 1 saturated heterocycles. The SMILES string of the molecule is FB1N(F)BNBN1F. The number of nitrogens with zero attached hydrogens (tertiary/aromatic N) is 2. The van der Waals surface area contributed by atoms with Gasteiger partial charge in [0.25, 0.3) is 0 Å². The third kappa shape index (κ3) is 1.41. The van der Waals surface area contributed by atoms with Gasteiger partial charge in [-0.1, -0.05) is 0 Å². The molecule has 1 heterocycles. The van der Waals surface area contributed by atoms with Crippen LogP contribution < -0.4 is 5.14 Å². The summed E-state index contributed by atoms with van der Waals surface area (Å²) >= 11 is 0. The minimum atomic E-state index is -2.26. The lowest BCUT2D eigenvalue weighted by Crippen LogP contribution is -2.59. The molecule has 0 amide bonds. The maximum absolute atomic E-state index is 12.0. The fourth-order valence-corrected chi connectivity index (χ4v) is 0.550. The van der Waals surface area contributed by atoms with Crippen LogP contribution in [0.25, 0.3) is 0 Å².